The quantitative estimate of drug-likeness (QED) is 0.796. The molecule has 0 aromatic carbocycles. The first-order chi connectivity index (χ1) is 9.26. The topological polar surface area (TPSA) is 19.4 Å². The van der Waals surface area contributed by atoms with Crippen LogP contribution in [-0.4, -0.2) is 43.1 Å². The molecule has 2 aromatic heterocycles. The molecule has 19 heavy (non-hydrogen) atoms. The highest BCUT2D eigenvalue weighted by Crippen LogP contribution is 2.42. The molecule has 1 spiro atoms. The zero-order valence-corrected chi connectivity index (χ0v) is 12.1. The predicted molar refractivity (Wildman–Crippen MR) is 81.0 cm³/mol. The molecule has 1 atom stereocenters. The molecule has 0 N–H and O–H groups in total. The number of fused-ring (bicyclic) bond motifs is 1. The SMILES string of the molecule is CN1CC[C@]2(CCN(c3ccnc4ccsc34)C2)C1. The average Bonchev–Trinajstić information content (AvgIpc) is 3.10. The van der Waals surface area contributed by atoms with Crippen LogP contribution in [0.1, 0.15) is 12.8 Å². The molecule has 2 fully saturated rings. The van der Waals surface area contributed by atoms with Crippen molar-refractivity contribution >= 4 is 27.2 Å². The van der Waals surface area contributed by atoms with Crippen LogP contribution in [0.4, 0.5) is 5.69 Å². The van der Waals surface area contributed by atoms with Crippen LogP contribution in [-0.2, 0) is 0 Å². The second-order valence-corrected chi connectivity index (χ2v) is 7.04. The third kappa shape index (κ3) is 1.85. The van der Waals surface area contributed by atoms with Crippen LogP contribution in [0.25, 0.3) is 10.2 Å². The fourth-order valence-corrected chi connectivity index (χ4v) is 4.63. The smallest absolute Gasteiger partial charge is 0.0830 e. The fraction of sp³-hybridized carbons (Fsp3) is 0.533. The third-order valence-corrected chi connectivity index (χ3v) is 5.66. The zero-order valence-electron chi connectivity index (χ0n) is 11.3. The summed E-state index contributed by atoms with van der Waals surface area (Å²) in [4.78, 5) is 9.52. The van der Waals surface area contributed by atoms with Gasteiger partial charge < -0.3 is 9.80 Å². The van der Waals surface area contributed by atoms with Crippen LogP contribution in [0.2, 0.25) is 0 Å². The summed E-state index contributed by atoms with van der Waals surface area (Å²) in [6.07, 6.45) is 4.65. The number of thiophene rings is 1. The Morgan fingerprint density at radius 3 is 2.95 bits per heavy atom. The van der Waals surface area contributed by atoms with E-state index in [0.29, 0.717) is 5.41 Å². The third-order valence-electron chi connectivity index (χ3n) is 4.73. The molecule has 0 bridgehead atoms. The molecule has 4 rings (SSSR count). The number of hydrogen-bond donors (Lipinski definition) is 0. The molecular weight excluding hydrogens is 254 g/mol. The summed E-state index contributed by atoms with van der Waals surface area (Å²) in [6, 6.07) is 4.31. The Labute approximate surface area is 117 Å². The predicted octanol–water partition coefficient (Wildman–Crippen LogP) is 2.83. The molecule has 0 radical (unpaired) electrons. The number of pyridine rings is 1. The van der Waals surface area contributed by atoms with Gasteiger partial charge in [0.1, 0.15) is 0 Å². The van der Waals surface area contributed by atoms with Crippen LogP contribution in [0.3, 0.4) is 0 Å². The first-order valence-electron chi connectivity index (χ1n) is 7.02. The first kappa shape index (κ1) is 11.7. The van der Waals surface area contributed by atoms with Crippen LogP contribution >= 0.6 is 11.3 Å². The maximum atomic E-state index is 4.45. The van der Waals surface area contributed by atoms with Gasteiger partial charge in [-0.2, -0.15) is 0 Å². The van der Waals surface area contributed by atoms with Gasteiger partial charge in [-0.15, -0.1) is 11.3 Å². The monoisotopic (exact) mass is 273 g/mol. The number of likely N-dealkylation sites (tertiary alicyclic amines) is 1. The van der Waals surface area contributed by atoms with Crippen molar-refractivity contribution in [2.24, 2.45) is 5.41 Å². The summed E-state index contributed by atoms with van der Waals surface area (Å²) in [6.45, 7) is 4.94. The highest BCUT2D eigenvalue weighted by atomic mass is 32.1. The van der Waals surface area contributed by atoms with Crippen molar-refractivity contribution in [3.05, 3.63) is 23.7 Å². The second-order valence-electron chi connectivity index (χ2n) is 6.12. The van der Waals surface area contributed by atoms with E-state index in [2.05, 4.69) is 39.3 Å². The van der Waals surface area contributed by atoms with Crippen molar-refractivity contribution in [1.29, 1.82) is 0 Å². The standard InChI is InChI=1S/C15H19N3S/c1-17-7-4-15(10-17)5-8-18(11-15)13-2-6-16-12-3-9-19-14(12)13/h2-3,6,9H,4-5,7-8,10-11H2,1H3/t15-/m0/s1. The summed E-state index contributed by atoms with van der Waals surface area (Å²) in [5.41, 5.74) is 3.08. The van der Waals surface area contributed by atoms with Crippen LogP contribution in [0.5, 0.6) is 0 Å². The lowest BCUT2D eigenvalue weighted by atomic mass is 9.86. The second kappa shape index (κ2) is 4.18. The highest BCUT2D eigenvalue weighted by Gasteiger charge is 2.42. The maximum absolute atomic E-state index is 4.45. The summed E-state index contributed by atoms with van der Waals surface area (Å²) in [7, 11) is 2.25. The van der Waals surface area contributed by atoms with E-state index in [9.17, 15) is 0 Å². The molecule has 0 amide bonds. The fourth-order valence-electron chi connectivity index (χ4n) is 3.74. The maximum Gasteiger partial charge on any atom is 0.0830 e. The largest absolute Gasteiger partial charge is 0.370 e. The number of nitrogens with zero attached hydrogens (tertiary/aromatic N) is 3. The van der Waals surface area contributed by atoms with E-state index in [1.807, 2.05) is 17.5 Å². The Morgan fingerprint density at radius 1 is 1.21 bits per heavy atom. The first-order valence-corrected chi connectivity index (χ1v) is 7.90. The van der Waals surface area contributed by atoms with Gasteiger partial charge in [0, 0.05) is 31.2 Å². The molecule has 100 valence electrons. The Bertz CT molecular complexity index is 608. The Kier molecular flexibility index (Phi) is 2.57. The lowest BCUT2D eigenvalue weighted by Gasteiger charge is -2.25. The van der Waals surface area contributed by atoms with Gasteiger partial charge in [-0.1, -0.05) is 0 Å². The molecule has 2 aliphatic rings. The van der Waals surface area contributed by atoms with Crippen molar-refractivity contribution < 1.29 is 0 Å². The van der Waals surface area contributed by atoms with Crippen LogP contribution < -0.4 is 4.90 Å². The van der Waals surface area contributed by atoms with Gasteiger partial charge in [-0.25, -0.2) is 0 Å². The van der Waals surface area contributed by atoms with Gasteiger partial charge in [0.2, 0.25) is 0 Å². The van der Waals surface area contributed by atoms with Gasteiger partial charge in [0.15, 0.2) is 0 Å². The molecule has 0 aliphatic carbocycles. The number of rotatable bonds is 1. The Hall–Kier alpha value is -1.13. The molecular formula is C15H19N3S. The summed E-state index contributed by atoms with van der Waals surface area (Å²) in [5, 5.41) is 2.15. The van der Waals surface area contributed by atoms with E-state index >= 15 is 0 Å². The molecule has 2 saturated heterocycles. The normalized spacial score (nSPS) is 27.9. The highest BCUT2D eigenvalue weighted by molar-refractivity contribution is 7.17. The van der Waals surface area contributed by atoms with Gasteiger partial charge in [-0.05, 0) is 43.9 Å². The van der Waals surface area contributed by atoms with Gasteiger partial charge >= 0.3 is 0 Å². The average molecular weight is 273 g/mol. The minimum atomic E-state index is 0.543. The lowest BCUT2D eigenvalue weighted by Crippen LogP contribution is -2.29. The molecule has 4 heterocycles. The molecule has 2 aromatic rings. The van der Waals surface area contributed by atoms with Crippen molar-refractivity contribution in [2.75, 3.05) is 38.1 Å². The van der Waals surface area contributed by atoms with E-state index in [1.54, 1.807) is 0 Å². The zero-order chi connectivity index (χ0) is 12.9. The minimum Gasteiger partial charge on any atom is -0.370 e. The number of aromatic nitrogens is 1. The van der Waals surface area contributed by atoms with Crippen molar-refractivity contribution in [3.8, 4) is 0 Å². The Morgan fingerprint density at radius 2 is 2.11 bits per heavy atom. The van der Waals surface area contributed by atoms with Crippen molar-refractivity contribution in [1.82, 2.24) is 9.88 Å². The van der Waals surface area contributed by atoms with E-state index in [-0.39, 0.29) is 0 Å². The van der Waals surface area contributed by atoms with E-state index in [1.165, 1.54) is 49.4 Å². The molecule has 4 heteroatoms. The van der Waals surface area contributed by atoms with Gasteiger partial charge in [-0.3, -0.25) is 4.98 Å². The molecule has 0 saturated carbocycles. The van der Waals surface area contributed by atoms with Crippen LogP contribution in [0.15, 0.2) is 23.7 Å². The Balaban J connectivity index is 1.66. The van der Waals surface area contributed by atoms with Crippen molar-refractivity contribution in [3.63, 3.8) is 0 Å². The lowest BCUT2D eigenvalue weighted by molar-refractivity contribution is 0.312. The van der Waals surface area contributed by atoms with Crippen LogP contribution in [0, 0.1) is 5.41 Å². The summed E-state index contributed by atoms with van der Waals surface area (Å²) in [5.74, 6) is 0. The summed E-state index contributed by atoms with van der Waals surface area (Å²) < 4.78 is 1.35. The van der Waals surface area contributed by atoms with E-state index in [4.69, 9.17) is 0 Å². The van der Waals surface area contributed by atoms with Gasteiger partial charge in [0.25, 0.3) is 0 Å². The molecule has 3 nitrogen and oxygen atoms in total. The van der Waals surface area contributed by atoms with Gasteiger partial charge in [0.05, 0.1) is 15.9 Å². The van der Waals surface area contributed by atoms with Crippen molar-refractivity contribution in [2.45, 2.75) is 12.8 Å². The number of hydrogen-bond acceptors (Lipinski definition) is 4. The van der Waals surface area contributed by atoms with E-state index < -0.39 is 0 Å². The summed E-state index contributed by atoms with van der Waals surface area (Å²) >= 11 is 1.82. The van der Waals surface area contributed by atoms with E-state index in [0.717, 1.165) is 5.52 Å². The molecule has 0 unspecified atom stereocenters. The minimum absolute atomic E-state index is 0.543. The molecule has 2 aliphatic heterocycles. The number of anilines is 1.